The molecule has 1 aliphatic carbocycles. The fourth-order valence-electron chi connectivity index (χ4n) is 2.77. The molecule has 0 saturated carbocycles. The second kappa shape index (κ2) is 6.68. The number of anilines is 1. The molecule has 1 heterocycles. The van der Waals surface area contributed by atoms with Crippen molar-refractivity contribution in [1.82, 2.24) is 10.3 Å². The van der Waals surface area contributed by atoms with Crippen LogP contribution in [0.2, 0.25) is 0 Å². The SMILES string of the molecule is CCN(c1nc2c(s1)C(NC)CCC2)C(C)COC. The minimum Gasteiger partial charge on any atom is -0.383 e. The molecule has 0 spiro atoms. The number of hydrogen-bond acceptors (Lipinski definition) is 5. The Kier molecular flexibility index (Phi) is 5.19. The molecule has 0 aliphatic heterocycles. The third-order valence-corrected chi connectivity index (χ3v) is 5.06. The van der Waals surface area contributed by atoms with Crippen LogP contribution in [0, 0.1) is 0 Å². The van der Waals surface area contributed by atoms with Crippen molar-refractivity contribution < 1.29 is 4.74 Å². The Bertz CT molecular complexity index is 407. The molecule has 0 radical (unpaired) electrons. The predicted molar refractivity (Wildman–Crippen MR) is 81.2 cm³/mol. The van der Waals surface area contributed by atoms with Crippen molar-refractivity contribution in [3.05, 3.63) is 10.6 Å². The first-order chi connectivity index (χ1) is 9.21. The van der Waals surface area contributed by atoms with Crippen LogP contribution >= 0.6 is 11.3 Å². The summed E-state index contributed by atoms with van der Waals surface area (Å²) in [6.45, 7) is 6.10. The van der Waals surface area contributed by atoms with Gasteiger partial charge in [-0.3, -0.25) is 0 Å². The normalized spacial score (nSPS) is 20.1. The Hall–Kier alpha value is -0.650. The lowest BCUT2D eigenvalue weighted by molar-refractivity contribution is 0.182. The topological polar surface area (TPSA) is 37.4 Å². The molecule has 2 unspecified atom stereocenters. The third kappa shape index (κ3) is 3.09. The van der Waals surface area contributed by atoms with E-state index in [-0.39, 0.29) is 0 Å². The van der Waals surface area contributed by atoms with Crippen molar-refractivity contribution in [2.24, 2.45) is 0 Å². The van der Waals surface area contributed by atoms with Crippen LogP contribution in [-0.4, -0.2) is 38.3 Å². The van der Waals surface area contributed by atoms with Gasteiger partial charge in [0.25, 0.3) is 0 Å². The summed E-state index contributed by atoms with van der Waals surface area (Å²) in [4.78, 5) is 8.66. The Morgan fingerprint density at radius 2 is 2.37 bits per heavy atom. The number of aromatic nitrogens is 1. The first kappa shape index (κ1) is 14.8. The summed E-state index contributed by atoms with van der Waals surface area (Å²) in [7, 11) is 3.80. The van der Waals surface area contributed by atoms with E-state index in [1.165, 1.54) is 23.4 Å². The predicted octanol–water partition coefficient (Wildman–Crippen LogP) is 2.60. The number of methoxy groups -OCH3 is 1. The highest BCUT2D eigenvalue weighted by Gasteiger charge is 2.26. The van der Waals surface area contributed by atoms with E-state index in [1.807, 2.05) is 18.4 Å². The standard InChI is InChI=1S/C14H25N3OS/c1-5-17(10(2)9-18-4)14-16-12-8-6-7-11(15-3)13(12)19-14/h10-11,15H,5-9H2,1-4H3. The van der Waals surface area contributed by atoms with Crippen molar-refractivity contribution in [2.45, 2.75) is 45.2 Å². The molecule has 0 saturated heterocycles. The summed E-state index contributed by atoms with van der Waals surface area (Å²) in [5, 5.41) is 4.56. The van der Waals surface area contributed by atoms with Gasteiger partial charge in [0.2, 0.25) is 0 Å². The molecule has 5 heteroatoms. The van der Waals surface area contributed by atoms with Gasteiger partial charge in [0.05, 0.1) is 18.3 Å². The van der Waals surface area contributed by atoms with Crippen molar-refractivity contribution in [3.63, 3.8) is 0 Å². The largest absolute Gasteiger partial charge is 0.383 e. The van der Waals surface area contributed by atoms with Crippen LogP contribution in [0.5, 0.6) is 0 Å². The Morgan fingerprint density at radius 3 is 3.00 bits per heavy atom. The molecule has 19 heavy (non-hydrogen) atoms. The second-order valence-electron chi connectivity index (χ2n) is 5.13. The zero-order valence-electron chi connectivity index (χ0n) is 12.4. The van der Waals surface area contributed by atoms with E-state index in [9.17, 15) is 0 Å². The van der Waals surface area contributed by atoms with Gasteiger partial charge in [0.1, 0.15) is 0 Å². The summed E-state index contributed by atoms with van der Waals surface area (Å²) >= 11 is 1.85. The van der Waals surface area contributed by atoms with E-state index in [2.05, 4.69) is 24.1 Å². The second-order valence-corrected chi connectivity index (χ2v) is 6.14. The molecule has 108 valence electrons. The third-order valence-electron chi connectivity index (χ3n) is 3.81. The van der Waals surface area contributed by atoms with Gasteiger partial charge >= 0.3 is 0 Å². The zero-order valence-corrected chi connectivity index (χ0v) is 13.2. The van der Waals surface area contributed by atoms with E-state index in [4.69, 9.17) is 9.72 Å². The van der Waals surface area contributed by atoms with E-state index >= 15 is 0 Å². The summed E-state index contributed by atoms with van der Waals surface area (Å²) < 4.78 is 5.28. The molecule has 1 N–H and O–H groups in total. The molecule has 0 fully saturated rings. The van der Waals surface area contributed by atoms with Gasteiger partial charge in [-0.25, -0.2) is 4.98 Å². The van der Waals surface area contributed by atoms with E-state index in [0.717, 1.165) is 24.7 Å². The molecule has 2 atom stereocenters. The summed E-state index contributed by atoms with van der Waals surface area (Å²) in [6.07, 6.45) is 3.59. The van der Waals surface area contributed by atoms with Gasteiger partial charge in [-0.2, -0.15) is 0 Å². The van der Waals surface area contributed by atoms with Crippen molar-refractivity contribution >= 4 is 16.5 Å². The molecule has 1 aromatic heterocycles. The Labute approximate surface area is 120 Å². The number of likely N-dealkylation sites (N-methyl/N-ethyl adjacent to an activating group) is 1. The van der Waals surface area contributed by atoms with Crippen molar-refractivity contribution in [3.8, 4) is 0 Å². The highest BCUT2D eigenvalue weighted by molar-refractivity contribution is 7.15. The highest BCUT2D eigenvalue weighted by Crippen LogP contribution is 2.37. The van der Waals surface area contributed by atoms with Gasteiger partial charge < -0.3 is 15.0 Å². The van der Waals surface area contributed by atoms with E-state index in [0.29, 0.717) is 12.1 Å². The fraction of sp³-hybridized carbons (Fsp3) is 0.786. The van der Waals surface area contributed by atoms with Crippen LogP contribution in [0.1, 0.15) is 43.3 Å². The molecular formula is C14H25N3OS. The maximum atomic E-state index is 5.28. The van der Waals surface area contributed by atoms with Gasteiger partial charge in [0.15, 0.2) is 5.13 Å². The number of ether oxygens (including phenoxy) is 1. The first-order valence-electron chi connectivity index (χ1n) is 7.13. The van der Waals surface area contributed by atoms with Crippen LogP contribution < -0.4 is 10.2 Å². The van der Waals surface area contributed by atoms with Crippen LogP contribution in [0.4, 0.5) is 5.13 Å². The Morgan fingerprint density at radius 1 is 1.58 bits per heavy atom. The molecule has 4 nitrogen and oxygen atoms in total. The average molecular weight is 283 g/mol. The van der Waals surface area contributed by atoms with Gasteiger partial charge in [0, 0.05) is 24.6 Å². The number of thiazole rings is 1. The lowest BCUT2D eigenvalue weighted by atomic mass is 9.98. The number of fused-ring (bicyclic) bond motifs is 1. The number of nitrogens with zero attached hydrogens (tertiary/aromatic N) is 2. The van der Waals surface area contributed by atoms with E-state index in [1.54, 1.807) is 7.11 Å². The maximum Gasteiger partial charge on any atom is 0.186 e. The summed E-state index contributed by atoms with van der Waals surface area (Å²) in [6, 6.07) is 0.863. The minimum absolute atomic E-state index is 0.371. The zero-order chi connectivity index (χ0) is 13.8. The maximum absolute atomic E-state index is 5.28. The number of nitrogens with one attached hydrogen (secondary N) is 1. The van der Waals surface area contributed by atoms with Gasteiger partial charge in [-0.05, 0) is 40.2 Å². The molecular weight excluding hydrogens is 258 g/mol. The summed E-state index contributed by atoms with van der Waals surface area (Å²) in [5.41, 5.74) is 1.30. The van der Waals surface area contributed by atoms with Crippen molar-refractivity contribution in [1.29, 1.82) is 0 Å². The molecule has 1 aliphatic rings. The molecule has 0 amide bonds. The van der Waals surface area contributed by atoms with Crippen molar-refractivity contribution in [2.75, 3.05) is 32.2 Å². The minimum atomic E-state index is 0.371. The average Bonchev–Trinajstić information content (AvgIpc) is 2.83. The number of aryl methyl sites for hydroxylation is 1. The van der Waals surface area contributed by atoms with Crippen LogP contribution in [0.15, 0.2) is 0 Å². The lowest BCUT2D eigenvalue weighted by Crippen LogP contribution is -2.36. The number of rotatable bonds is 6. The van der Waals surface area contributed by atoms with Gasteiger partial charge in [-0.15, -0.1) is 0 Å². The Balaban J connectivity index is 2.22. The number of hydrogen-bond donors (Lipinski definition) is 1. The first-order valence-corrected chi connectivity index (χ1v) is 7.95. The van der Waals surface area contributed by atoms with E-state index < -0.39 is 0 Å². The molecule has 0 bridgehead atoms. The molecule has 0 aromatic carbocycles. The summed E-state index contributed by atoms with van der Waals surface area (Å²) in [5.74, 6) is 0. The highest BCUT2D eigenvalue weighted by atomic mass is 32.1. The van der Waals surface area contributed by atoms with Crippen LogP contribution in [0.3, 0.4) is 0 Å². The van der Waals surface area contributed by atoms with Crippen LogP contribution in [0.25, 0.3) is 0 Å². The van der Waals surface area contributed by atoms with Gasteiger partial charge in [-0.1, -0.05) is 11.3 Å². The smallest absolute Gasteiger partial charge is 0.186 e. The van der Waals surface area contributed by atoms with Crippen LogP contribution in [-0.2, 0) is 11.2 Å². The lowest BCUT2D eigenvalue weighted by Gasteiger charge is -2.26. The molecule has 1 aromatic rings. The quantitative estimate of drug-likeness (QED) is 0.871. The molecule has 2 rings (SSSR count). The fourth-order valence-corrected chi connectivity index (χ4v) is 4.19. The monoisotopic (exact) mass is 283 g/mol.